The largest absolute Gasteiger partial charge is 0.497 e. The highest BCUT2D eigenvalue weighted by Gasteiger charge is 2.07. The van der Waals surface area contributed by atoms with Crippen LogP contribution in [0, 0.1) is 0 Å². The molecule has 3 rings (SSSR count). The molecule has 1 heterocycles. The normalized spacial score (nSPS) is 10.4. The molecule has 0 aliphatic heterocycles. The molecule has 0 bridgehead atoms. The van der Waals surface area contributed by atoms with Crippen LogP contribution in [-0.2, 0) is 6.54 Å². The number of amides is 1. The SMILES string of the molecule is COc1ccc(-c2ccc(=O)n(CCNC(=O)c3ccc(Cl)cc3)n2)cc1. The van der Waals surface area contributed by atoms with Gasteiger partial charge in [-0.1, -0.05) is 11.6 Å². The maximum Gasteiger partial charge on any atom is 0.266 e. The van der Waals surface area contributed by atoms with Crippen LogP contribution >= 0.6 is 11.6 Å². The lowest BCUT2D eigenvalue weighted by Crippen LogP contribution is -2.31. The Morgan fingerprint density at radius 2 is 1.78 bits per heavy atom. The lowest BCUT2D eigenvalue weighted by atomic mass is 10.1. The fraction of sp³-hybridized carbons (Fsp3) is 0.150. The van der Waals surface area contributed by atoms with Crippen molar-refractivity contribution in [1.29, 1.82) is 0 Å². The third-order valence-corrected chi connectivity index (χ3v) is 4.22. The van der Waals surface area contributed by atoms with Gasteiger partial charge in [0.25, 0.3) is 11.5 Å². The lowest BCUT2D eigenvalue weighted by molar-refractivity contribution is 0.0952. The molecular formula is C20H18ClN3O3. The van der Waals surface area contributed by atoms with Crippen LogP contribution in [-0.4, -0.2) is 29.3 Å². The molecule has 2 aromatic carbocycles. The minimum Gasteiger partial charge on any atom is -0.497 e. The van der Waals surface area contributed by atoms with Crippen molar-refractivity contribution < 1.29 is 9.53 Å². The Morgan fingerprint density at radius 1 is 1.07 bits per heavy atom. The highest BCUT2D eigenvalue weighted by atomic mass is 35.5. The number of rotatable bonds is 6. The molecule has 6 nitrogen and oxygen atoms in total. The molecule has 7 heteroatoms. The molecule has 1 aromatic heterocycles. The molecule has 0 saturated heterocycles. The monoisotopic (exact) mass is 383 g/mol. The van der Waals surface area contributed by atoms with Gasteiger partial charge in [0.2, 0.25) is 0 Å². The van der Waals surface area contributed by atoms with E-state index in [-0.39, 0.29) is 24.6 Å². The van der Waals surface area contributed by atoms with E-state index >= 15 is 0 Å². The van der Waals surface area contributed by atoms with Gasteiger partial charge < -0.3 is 10.1 Å². The van der Waals surface area contributed by atoms with Crippen molar-refractivity contribution in [3.8, 4) is 17.0 Å². The van der Waals surface area contributed by atoms with Crippen molar-refractivity contribution in [3.63, 3.8) is 0 Å². The summed E-state index contributed by atoms with van der Waals surface area (Å²) in [6.45, 7) is 0.544. The number of aromatic nitrogens is 2. The van der Waals surface area contributed by atoms with E-state index in [1.807, 2.05) is 24.3 Å². The standard InChI is InChI=1S/C20H18ClN3O3/c1-27-17-8-4-14(5-9-17)18-10-11-19(25)24(23-18)13-12-22-20(26)15-2-6-16(21)7-3-15/h2-11H,12-13H2,1H3,(H,22,26). The Hall–Kier alpha value is -3.12. The first-order valence-electron chi connectivity index (χ1n) is 8.33. The quantitative estimate of drug-likeness (QED) is 0.710. The number of methoxy groups -OCH3 is 1. The van der Waals surface area contributed by atoms with Crippen LogP contribution in [0.1, 0.15) is 10.4 Å². The summed E-state index contributed by atoms with van der Waals surface area (Å²) in [4.78, 5) is 24.1. The summed E-state index contributed by atoms with van der Waals surface area (Å²) < 4.78 is 6.48. The van der Waals surface area contributed by atoms with Gasteiger partial charge in [-0.05, 0) is 54.6 Å². The van der Waals surface area contributed by atoms with E-state index in [1.165, 1.54) is 10.7 Å². The smallest absolute Gasteiger partial charge is 0.266 e. The molecule has 0 unspecified atom stereocenters. The zero-order chi connectivity index (χ0) is 19.2. The van der Waals surface area contributed by atoms with Crippen molar-refractivity contribution in [1.82, 2.24) is 15.1 Å². The molecule has 1 amide bonds. The van der Waals surface area contributed by atoms with Crippen LogP contribution < -0.4 is 15.6 Å². The first-order valence-corrected chi connectivity index (χ1v) is 8.71. The van der Waals surface area contributed by atoms with Crippen molar-refractivity contribution in [3.05, 3.63) is 81.6 Å². The molecule has 3 aromatic rings. The van der Waals surface area contributed by atoms with Gasteiger partial charge in [0.15, 0.2) is 0 Å². The minimum atomic E-state index is -0.231. The molecule has 0 fully saturated rings. The molecule has 138 valence electrons. The Balaban J connectivity index is 1.66. The molecule has 27 heavy (non-hydrogen) atoms. The maximum atomic E-state index is 12.1. The van der Waals surface area contributed by atoms with Crippen molar-refractivity contribution in [2.45, 2.75) is 6.54 Å². The van der Waals surface area contributed by atoms with Crippen LogP contribution in [0.3, 0.4) is 0 Å². The summed E-state index contributed by atoms with van der Waals surface area (Å²) in [6.07, 6.45) is 0. The molecule has 0 aliphatic rings. The second-order valence-electron chi connectivity index (χ2n) is 5.77. The van der Waals surface area contributed by atoms with Gasteiger partial charge in [-0.15, -0.1) is 0 Å². The van der Waals surface area contributed by atoms with E-state index in [0.717, 1.165) is 11.3 Å². The van der Waals surface area contributed by atoms with Gasteiger partial charge in [0.1, 0.15) is 5.75 Å². The second kappa shape index (κ2) is 8.51. The maximum absolute atomic E-state index is 12.1. The van der Waals surface area contributed by atoms with Gasteiger partial charge in [-0.2, -0.15) is 5.10 Å². The van der Waals surface area contributed by atoms with E-state index < -0.39 is 0 Å². The third kappa shape index (κ3) is 4.74. The molecular weight excluding hydrogens is 366 g/mol. The number of hydrogen-bond donors (Lipinski definition) is 1. The number of ether oxygens (including phenoxy) is 1. The van der Waals surface area contributed by atoms with Crippen LogP contribution in [0.15, 0.2) is 65.5 Å². The Bertz CT molecular complexity index is 983. The Labute approximate surface area is 161 Å². The van der Waals surface area contributed by atoms with Crippen LogP contribution in [0.4, 0.5) is 0 Å². The number of carbonyl (C=O) groups is 1. The van der Waals surface area contributed by atoms with E-state index in [0.29, 0.717) is 16.3 Å². The number of halogens is 1. The molecule has 0 spiro atoms. The summed E-state index contributed by atoms with van der Waals surface area (Å²) in [5.74, 6) is 0.517. The number of hydrogen-bond acceptors (Lipinski definition) is 4. The van der Waals surface area contributed by atoms with E-state index in [2.05, 4.69) is 10.4 Å². The summed E-state index contributed by atoms with van der Waals surface area (Å²) in [5, 5.41) is 7.71. The van der Waals surface area contributed by atoms with E-state index in [4.69, 9.17) is 16.3 Å². The highest BCUT2D eigenvalue weighted by Crippen LogP contribution is 2.19. The summed E-state index contributed by atoms with van der Waals surface area (Å²) in [6, 6.07) is 17.1. The molecule has 0 radical (unpaired) electrons. The molecule has 0 aliphatic carbocycles. The second-order valence-corrected chi connectivity index (χ2v) is 6.21. The number of carbonyl (C=O) groups excluding carboxylic acids is 1. The Kier molecular flexibility index (Phi) is 5.88. The van der Waals surface area contributed by atoms with Crippen molar-refractivity contribution >= 4 is 17.5 Å². The fourth-order valence-corrected chi connectivity index (χ4v) is 2.63. The molecule has 0 atom stereocenters. The van der Waals surface area contributed by atoms with Gasteiger partial charge in [0.05, 0.1) is 19.3 Å². The summed E-state index contributed by atoms with van der Waals surface area (Å²) >= 11 is 5.82. The molecule has 0 saturated carbocycles. The van der Waals surface area contributed by atoms with E-state index in [1.54, 1.807) is 37.4 Å². The van der Waals surface area contributed by atoms with Crippen molar-refractivity contribution in [2.75, 3.05) is 13.7 Å². The average Bonchev–Trinajstić information content (AvgIpc) is 2.70. The number of nitrogens with zero attached hydrogens (tertiary/aromatic N) is 2. The lowest BCUT2D eigenvalue weighted by Gasteiger charge is -2.09. The van der Waals surface area contributed by atoms with Gasteiger partial charge in [0, 0.05) is 28.8 Å². The number of benzene rings is 2. The van der Waals surface area contributed by atoms with Gasteiger partial charge in [-0.25, -0.2) is 4.68 Å². The van der Waals surface area contributed by atoms with Crippen molar-refractivity contribution in [2.24, 2.45) is 0 Å². The first-order chi connectivity index (χ1) is 13.1. The average molecular weight is 384 g/mol. The van der Waals surface area contributed by atoms with Crippen LogP contribution in [0.5, 0.6) is 5.75 Å². The van der Waals surface area contributed by atoms with E-state index in [9.17, 15) is 9.59 Å². The third-order valence-electron chi connectivity index (χ3n) is 3.97. The first kappa shape index (κ1) is 18.7. The summed E-state index contributed by atoms with van der Waals surface area (Å²) in [5.41, 5.74) is 1.82. The van der Waals surface area contributed by atoms with Gasteiger partial charge in [-0.3, -0.25) is 9.59 Å². The Morgan fingerprint density at radius 3 is 2.44 bits per heavy atom. The van der Waals surface area contributed by atoms with Crippen LogP contribution in [0.2, 0.25) is 5.02 Å². The molecule has 1 N–H and O–H groups in total. The topological polar surface area (TPSA) is 73.2 Å². The number of nitrogens with one attached hydrogen (secondary N) is 1. The highest BCUT2D eigenvalue weighted by molar-refractivity contribution is 6.30. The predicted octanol–water partition coefficient (Wildman–Crippen LogP) is 3.00. The van der Waals surface area contributed by atoms with Crippen LogP contribution in [0.25, 0.3) is 11.3 Å². The zero-order valence-electron chi connectivity index (χ0n) is 14.7. The zero-order valence-corrected chi connectivity index (χ0v) is 15.4. The minimum absolute atomic E-state index is 0.229. The summed E-state index contributed by atoms with van der Waals surface area (Å²) in [7, 11) is 1.60. The van der Waals surface area contributed by atoms with Gasteiger partial charge >= 0.3 is 0 Å². The predicted molar refractivity (Wildman–Crippen MR) is 104 cm³/mol. The fourth-order valence-electron chi connectivity index (χ4n) is 2.50.